The van der Waals surface area contributed by atoms with E-state index >= 15 is 0 Å². The van der Waals surface area contributed by atoms with Gasteiger partial charge in [0.25, 0.3) is 0 Å². The van der Waals surface area contributed by atoms with Gasteiger partial charge in [-0.15, -0.1) is 0 Å². The Labute approximate surface area is 103 Å². The van der Waals surface area contributed by atoms with Gasteiger partial charge in [-0.25, -0.2) is 4.39 Å². The molecule has 1 unspecified atom stereocenters. The molecule has 0 aliphatic heterocycles. The van der Waals surface area contributed by atoms with Crippen LogP contribution < -0.4 is 5.32 Å². The highest BCUT2D eigenvalue weighted by Gasteiger charge is 2.12. The van der Waals surface area contributed by atoms with Crippen LogP contribution in [-0.4, -0.2) is 20.8 Å². The van der Waals surface area contributed by atoms with Crippen LogP contribution in [0.15, 0.2) is 18.2 Å². The van der Waals surface area contributed by atoms with Crippen LogP contribution in [0.25, 0.3) is 0 Å². The summed E-state index contributed by atoms with van der Waals surface area (Å²) in [6.45, 7) is 2.81. The Bertz CT molecular complexity index is 341. The molecule has 0 radical (unpaired) electrons. The second-order valence-electron chi connectivity index (χ2n) is 4.33. The summed E-state index contributed by atoms with van der Waals surface area (Å²) in [4.78, 5) is 0. The van der Waals surface area contributed by atoms with E-state index in [9.17, 15) is 4.39 Å². The van der Waals surface area contributed by atoms with Gasteiger partial charge in [0.05, 0.1) is 0 Å². The van der Waals surface area contributed by atoms with Gasteiger partial charge in [-0.05, 0) is 56.5 Å². The molecule has 2 nitrogen and oxygen atoms in total. The molecule has 0 saturated carbocycles. The van der Waals surface area contributed by atoms with Crippen LogP contribution in [0.2, 0.25) is 0 Å². The fourth-order valence-electron chi connectivity index (χ4n) is 2.04. The van der Waals surface area contributed by atoms with Crippen molar-refractivity contribution in [2.24, 2.45) is 0 Å². The highest BCUT2D eigenvalue weighted by molar-refractivity contribution is 5.29. The number of hydrogen-bond acceptors (Lipinski definition) is 2. The number of methoxy groups -OCH3 is 1. The van der Waals surface area contributed by atoms with Crippen molar-refractivity contribution >= 4 is 0 Å². The molecule has 0 bridgehead atoms. The molecule has 0 amide bonds. The second-order valence-corrected chi connectivity index (χ2v) is 4.33. The number of hydrogen-bond donors (Lipinski definition) is 1. The number of unbranched alkanes of at least 4 members (excludes halogenated alkanes) is 1. The third kappa shape index (κ3) is 4.44. The number of benzene rings is 1. The predicted molar refractivity (Wildman–Crippen MR) is 68.7 cm³/mol. The smallest absolute Gasteiger partial charge is 0.123 e. The van der Waals surface area contributed by atoms with Crippen LogP contribution in [0, 0.1) is 12.7 Å². The van der Waals surface area contributed by atoms with Gasteiger partial charge in [-0.1, -0.05) is 6.07 Å². The van der Waals surface area contributed by atoms with E-state index in [1.54, 1.807) is 13.2 Å². The van der Waals surface area contributed by atoms with Crippen molar-refractivity contribution in [2.45, 2.75) is 32.2 Å². The Hall–Kier alpha value is -0.930. The minimum atomic E-state index is -0.164. The van der Waals surface area contributed by atoms with Crippen LogP contribution in [-0.2, 0) is 4.74 Å². The molecule has 0 aliphatic rings. The fraction of sp³-hybridized carbons (Fsp3) is 0.571. The summed E-state index contributed by atoms with van der Waals surface area (Å²) in [7, 11) is 3.64. The maximum absolute atomic E-state index is 13.2. The van der Waals surface area contributed by atoms with Crippen LogP contribution in [0.5, 0.6) is 0 Å². The van der Waals surface area contributed by atoms with Crippen LogP contribution >= 0.6 is 0 Å². The highest BCUT2D eigenvalue weighted by Crippen LogP contribution is 2.23. The molecule has 0 fully saturated rings. The Morgan fingerprint density at radius 2 is 2.12 bits per heavy atom. The van der Waals surface area contributed by atoms with Crippen molar-refractivity contribution in [3.63, 3.8) is 0 Å². The lowest BCUT2D eigenvalue weighted by Gasteiger charge is -2.18. The molecule has 1 aromatic carbocycles. The van der Waals surface area contributed by atoms with Crippen molar-refractivity contribution in [1.29, 1.82) is 0 Å². The first-order chi connectivity index (χ1) is 8.19. The van der Waals surface area contributed by atoms with E-state index in [0.29, 0.717) is 0 Å². The zero-order valence-corrected chi connectivity index (χ0v) is 10.9. The van der Waals surface area contributed by atoms with Crippen molar-refractivity contribution < 1.29 is 9.13 Å². The lowest BCUT2D eigenvalue weighted by molar-refractivity contribution is 0.191. The SMILES string of the molecule is CNC(CCCCOC)c1cc(F)ccc1C. The van der Waals surface area contributed by atoms with Gasteiger partial charge in [0.2, 0.25) is 0 Å². The maximum atomic E-state index is 13.2. The number of rotatable bonds is 7. The van der Waals surface area contributed by atoms with E-state index in [-0.39, 0.29) is 11.9 Å². The first-order valence-corrected chi connectivity index (χ1v) is 6.11. The fourth-order valence-corrected chi connectivity index (χ4v) is 2.04. The topological polar surface area (TPSA) is 21.3 Å². The second kappa shape index (κ2) is 7.41. The maximum Gasteiger partial charge on any atom is 0.123 e. The van der Waals surface area contributed by atoms with E-state index < -0.39 is 0 Å². The molecule has 17 heavy (non-hydrogen) atoms. The molecule has 3 heteroatoms. The third-order valence-corrected chi connectivity index (χ3v) is 3.06. The lowest BCUT2D eigenvalue weighted by Crippen LogP contribution is -2.17. The van der Waals surface area contributed by atoms with Gasteiger partial charge >= 0.3 is 0 Å². The summed E-state index contributed by atoms with van der Waals surface area (Å²) in [5.41, 5.74) is 2.20. The van der Waals surface area contributed by atoms with Crippen LogP contribution in [0.4, 0.5) is 4.39 Å². The van der Waals surface area contributed by atoms with Gasteiger partial charge in [0.1, 0.15) is 5.82 Å². The molecule has 1 atom stereocenters. The number of nitrogens with one attached hydrogen (secondary N) is 1. The summed E-state index contributed by atoms with van der Waals surface area (Å²) >= 11 is 0. The quantitative estimate of drug-likeness (QED) is 0.738. The molecule has 0 aliphatic carbocycles. The molecule has 0 aromatic heterocycles. The summed E-state index contributed by atoms with van der Waals surface area (Å²) in [5, 5.41) is 3.26. The average molecular weight is 239 g/mol. The molecule has 0 spiro atoms. The van der Waals surface area contributed by atoms with E-state index in [0.717, 1.165) is 37.0 Å². The summed E-state index contributed by atoms with van der Waals surface area (Å²) in [6, 6.07) is 5.20. The summed E-state index contributed by atoms with van der Waals surface area (Å²) in [6.07, 6.45) is 3.13. The predicted octanol–water partition coefficient (Wildman–Crippen LogP) is 3.21. The van der Waals surface area contributed by atoms with Crippen LogP contribution in [0.3, 0.4) is 0 Å². The molecule has 96 valence electrons. The molecular formula is C14H22FNO. The Kier molecular flexibility index (Phi) is 6.16. The molecular weight excluding hydrogens is 217 g/mol. The number of halogens is 1. The average Bonchev–Trinajstić information content (AvgIpc) is 2.33. The van der Waals surface area contributed by atoms with E-state index in [2.05, 4.69) is 5.32 Å². The van der Waals surface area contributed by atoms with Crippen molar-refractivity contribution in [3.05, 3.63) is 35.1 Å². The minimum Gasteiger partial charge on any atom is -0.385 e. The summed E-state index contributed by atoms with van der Waals surface area (Å²) in [5.74, 6) is -0.164. The zero-order chi connectivity index (χ0) is 12.7. The molecule has 1 rings (SSSR count). The Morgan fingerprint density at radius 3 is 2.76 bits per heavy atom. The monoisotopic (exact) mass is 239 g/mol. The van der Waals surface area contributed by atoms with Gasteiger partial charge in [0.15, 0.2) is 0 Å². The standard InChI is InChI=1S/C14H22FNO/c1-11-7-8-12(15)10-13(11)14(16-2)6-4-5-9-17-3/h7-8,10,14,16H,4-6,9H2,1-3H3. The third-order valence-electron chi connectivity index (χ3n) is 3.06. The van der Waals surface area contributed by atoms with Gasteiger partial charge in [-0.3, -0.25) is 0 Å². The van der Waals surface area contributed by atoms with Gasteiger partial charge < -0.3 is 10.1 Å². The Balaban J connectivity index is 2.62. The van der Waals surface area contributed by atoms with Crippen molar-refractivity contribution in [2.75, 3.05) is 20.8 Å². The first-order valence-electron chi connectivity index (χ1n) is 6.11. The van der Waals surface area contributed by atoms with Crippen molar-refractivity contribution in [3.8, 4) is 0 Å². The highest BCUT2D eigenvalue weighted by atomic mass is 19.1. The van der Waals surface area contributed by atoms with E-state index in [1.165, 1.54) is 6.07 Å². The van der Waals surface area contributed by atoms with Gasteiger partial charge in [-0.2, -0.15) is 0 Å². The molecule has 0 heterocycles. The number of ether oxygens (including phenoxy) is 1. The Morgan fingerprint density at radius 1 is 1.35 bits per heavy atom. The largest absolute Gasteiger partial charge is 0.385 e. The summed E-state index contributed by atoms with van der Waals surface area (Å²) < 4.78 is 18.3. The number of aryl methyl sites for hydroxylation is 1. The minimum absolute atomic E-state index is 0.164. The van der Waals surface area contributed by atoms with Crippen LogP contribution in [0.1, 0.15) is 36.4 Å². The van der Waals surface area contributed by atoms with E-state index in [1.807, 2.05) is 20.0 Å². The van der Waals surface area contributed by atoms with Gasteiger partial charge in [0, 0.05) is 19.8 Å². The van der Waals surface area contributed by atoms with E-state index in [4.69, 9.17) is 4.74 Å². The lowest BCUT2D eigenvalue weighted by atomic mass is 9.97. The zero-order valence-electron chi connectivity index (χ0n) is 10.9. The molecule has 0 saturated heterocycles. The molecule has 1 aromatic rings. The molecule has 1 N–H and O–H groups in total. The first kappa shape index (κ1) is 14.1. The normalized spacial score (nSPS) is 12.7. The van der Waals surface area contributed by atoms with Crippen molar-refractivity contribution in [1.82, 2.24) is 5.32 Å².